The molecule has 0 bridgehead atoms. The van der Waals surface area contributed by atoms with E-state index in [2.05, 4.69) is 5.32 Å². The SMILES string of the molecule is O=[N+]([O-])c1ccccc1CNCC(O)c1cccc(F)c1. The molecule has 1 unspecified atom stereocenters. The second-order valence-electron chi connectivity index (χ2n) is 4.59. The Morgan fingerprint density at radius 1 is 1.24 bits per heavy atom. The van der Waals surface area contributed by atoms with Crippen molar-refractivity contribution >= 4 is 5.69 Å². The summed E-state index contributed by atoms with van der Waals surface area (Å²) in [5.74, 6) is -0.412. The zero-order valence-corrected chi connectivity index (χ0v) is 11.2. The minimum absolute atomic E-state index is 0.0326. The Balaban J connectivity index is 1.94. The maximum atomic E-state index is 13.0. The number of halogens is 1. The van der Waals surface area contributed by atoms with Crippen molar-refractivity contribution < 1.29 is 14.4 Å². The fourth-order valence-corrected chi connectivity index (χ4v) is 2.01. The first-order valence-corrected chi connectivity index (χ1v) is 6.44. The second-order valence-corrected chi connectivity index (χ2v) is 4.59. The molecule has 21 heavy (non-hydrogen) atoms. The lowest BCUT2D eigenvalue weighted by Crippen LogP contribution is -2.21. The van der Waals surface area contributed by atoms with Gasteiger partial charge in [-0.25, -0.2) is 4.39 Å². The van der Waals surface area contributed by atoms with Crippen LogP contribution in [0.1, 0.15) is 17.2 Å². The minimum atomic E-state index is -0.872. The highest BCUT2D eigenvalue weighted by Crippen LogP contribution is 2.18. The molecule has 2 N–H and O–H groups in total. The summed E-state index contributed by atoms with van der Waals surface area (Å²) in [5.41, 5.74) is 1.03. The normalized spacial score (nSPS) is 12.1. The van der Waals surface area contributed by atoms with Crippen LogP contribution in [0.5, 0.6) is 0 Å². The first-order valence-electron chi connectivity index (χ1n) is 6.44. The molecule has 2 aromatic carbocycles. The molecule has 0 aromatic heterocycles. The maximum absolute atomic E-state index is 13.0. The number of aliphatic hydroxyl groups excluding tert-OH is 1. The van der Waals surface area contributed by atoms with Crippen molar-refractivity contribution in [3.05, 3.63) is 75.6 Å². The number of rotatable bonds is 6. The molecule has 0 amide bonds. The first kappa shape index (κ1) is 15.1. The molecule has 2 rings (SSSR count). The van der Waals surface area contributed by atoms with Gasteiger partial charge in [-0.05, 0) is 17.7 Å². The zero-order valence-electron chi connectivity index (χ0n) is 11.2. The quantitative estimate of drug-likeness (QED) is 0.633. The smallest absolute Gasteiger partial charge is 0.273 e. The average molecular weight is 290 g/mol. The number of nitro benzene ring substituents is 1. The van der Waals surface area contributed by atoms with Crippen LogP contribution >= 0.6 is 0 Å². The molecule has 0 aliphatic carbocycles. The molecule has 0 saturated carbocycles. The summed E-state index contributed by atoms with van der Waals surface area (Å²) in [6.07, 6.45) is -0.872. The molecule has 0 saturated heterocycles. The van der Waals surface area contributed by atoms with Gasteiger partial charge >= 0.3 is 0 Å². The maximum Gasteiger partial charge on any atom is 0.273 e. The molecule has 6 heteroatoms. The van der Waals surface area contributed by atoms with Crippen molar-refractivity contribution in [2.24, 2.45) is 0 Å². The number of para-hydroxylation sites is 1. The Kier molecular flexibility index (Phi) is 4.97. The summed E-state index contributed by atoms with van der Waals surface area (Å²) < 4.78 is 13.0. The molecule has 0 aliphatic heterocycles. The largest absolute Gasteiger partial charge is 0.387 e. The van der Waals surface area contributed by atoms with Crippen molar-refractivity contribution in [2.45, 2.75) is 12.6 Å². The highest BCUT2D eigenvalue weighted by Gasteiger charge is 2.13. The Morgan fingerprint density at radius 2 is 2.00 bits per heavy atom. The van der Waals surface area contributed by atoms with E-state index in [1.165, 1.54) is 24.3 Å². The summed E-state index contributed by atoms with van der Waals surface area (Å²) in [6.45, 7) is 0.430. The Bertz CT molecular complexity index is 634. The lowest BCUT2D eigenvalue weighted by atomic mass is 10.1. The minimum Gasteiger partial charge on any atom is -0.387 e. The lowest BCUT2D eigenvalue weighted by Gasteiger charge is -2.12. The van der Waals surface area contributed by atoms with E-state index < -0.39 is 16.8 Å². The van der Waals surface area contributed by atoms with Crippen LogP contribution < -0.4 is 5.32 Å². The molecular formula is C15H15FN2O3. The molecule has 5 nitrogen and oxygen atoms in total. The van der Waals surface area contributed by atoms with Crippen LogP contribution in [-0.4, -0.2) is 16.6 Å². The molecule has 0 spiro atoms. The van der Waals surface area contributed by atoms with Gasteiger partial charge in [0.1, 0.15) is 5.82 Å². The summed E-state index contributed by atoms with van der Waals surface area (Å²) >= 11 is 0. The van der Waals surface area contributed by atoms with Gasteiger partial charge < -0.3 is 10.4 Å². The highest BCUT2D eigenvalue weighted by molar-refractivity contribution is 5.39. The number of hydrogen-bond acceptors (Lipinski definition) is 4. The van der Waals surface area contributed by atoms with E-state index in [4.69, 9.17) is 0 Å². The van der Waals surface area contributed by atoms with E-state index >= 15 is 0 Å². The molecule has 2 aromatic rings. The molecule has 110 valence electrons. The van der Waals surface area contributed by atoms with E-state index in [1.807, 2.05) is 0 Å². The monoisotopic (exact) mass is 290 g/mol. The standard InChI is InChI=1S/C15H15FN2O3/c16-13-6-3-5-11(8-13)15(19)10-17-9-12-4-1-2-7-14(12)18(20)21/h1-8,15,17,19H,9-10H2. The Hall–Kier alpha value is -2.31. The van der Waals surface area contributed by atoms with Crippen LogP contribution in [0, 0.1) is 15.9 Å². The molecule has 0 aliphatic rings. The number of benzene rings is 2. The highest BCUT2D eigenvalue weighted by atomic mass is 19.1. The molecule has 0 fully saturated rings. The van der Waals surface area contributed by atoms with Crippen LogP contribution in [0.4, 0.5) is 10.1 Å². The topological polar surface area (TPSA) is 75.4 Å². The van der Waals surface area contributed by atoms with E-state index in [9.17, 15) is 19.6 Å². The number of aliphatic hydroxyl groups is 1. The van der Waals surface area contributed by atoms with Gasteiger partial charge in [0.2, 0.25) is 0 Å². The fourth-order valence-electron chi connectivity index (χ4n) is 2.01. The van der Waals surface area contributed by atoms with Crippen molar-refractivity contribution in [3.63, 3.8) is 0 Å². The van der Waals surface area contributed by atoms with Gasteiger partial charge in [-0.2, -0.15) is 0 Å². The third-order valence-corrected chi connectivity index (χ3v) is 3.07. The number of nitrogens with one attached hydrogen (secondary N) is 1. The van der Waals surface area contributed by atoms with E-state index in [1.54, 1.807) is 24.3 Å². The summed E-state index contributed by atoms with van der Waals surface area (Å²) in [5, 5.41) is 23.7. The molecule has 1 atom stereocenters. The van der Waals surface area contributed by atoms with Crippen LogP contribution in [0.25, 0.3) is 0 Å². The van der Waals surface area contributed by atoms with Crippen molar-refractivity contribution in [2.75, 3.05) is 6.54 Å². The Labute approximate surface area is 121 Å². The molecular weight excluding hydrogens is 275 g/mol. The third kappa shape index (κ3) is 4.08. The van der Waals surface area contributed by atoms with E-state index in [0.717, 1.165) is 0 Å². The van der Waals surface area contributed by atoms with Gasteiger partial charge in [-0.3, -0.25) is 10.1 Å². The number of nitrogens with zero attached hydrogens (tertiary/aromatic N) is 1. The van der Waals surface area contributed by atoms with Gasteiger partial charge in [0.05, 0.1) is 11.0 Å². The third-order valence-electron chi connectivity index (χ3n) is 3.07. The van der Waals surface area contributed by atoms with Crippen molar-refractivity contribution in [1.82, 2.24) is 5.32 Å². The van der Waals surface area contributed by atoms with Gasteiger partial charge in [-0.1, -0.05) is 30.3 Å². The lowest BCUT2D eigenvalue weighted by molar-refractivity contribution is -0.385. The van der Waals surface area contributed by atoms with E-state index in [0.29, 0.717) is 11.1 Å². The van der Waals surface area contributed by atoms with Crippen LogP contribution in [0.15, 0.2) is 48.5 Å². The van der Waals surface area contributed by atoms with Gasteiger partial charge in [0.15, 0.2) is 0 Å². The van der Waals surface area contributed by atoms with Gasteiger partial charge in [-0.15, -0.1) is 0 Å². The average Bonchev–Trinajstić information content (AvgIpc) is 2.47. The number of hydrogen-bond donors (Lipinski definition) is 2. The predicted octanol–water partition coefficient (Wildman–Crippen LogP) is 2.56. The molecule has 0 radical (unpaired) electrons. The summed E-state index contributed by atoms with van der Waals surface area (Å²) in [6, 6.07) is 12.1. The zero-order chi connectivity index (χ0) is 15.2. The summed E-state index contributed by atoms with van der Waals surface area (Å²) in [4.78, 5) is 10.4. The van der Waals surface area contributed by atoms with Crippen LogP contribution in [-0.2, 0) is 6.54 Å². The fraction of sp³-hybridized carbons (Fsp3) is 0.200. The van der Waals surface area contributed by atoms with Gasteiger partial charge in [0, 0.05) is 24.7 Å². The van der Waals surface area contributed by atoms with E-state index in [-0.39, 0.29) is 18.8 Å². The van der Waals surface area contributed by atoms with Gasteiger partial charge in [0.25, 0.3) is 5.69 Å². The van der Waals surface area contributed by atoms with Crippen LogP contribution in [0.3, 0.4) is 0 Å². The van der Waals surface area contributed by atoms with Crippen LogP contribution in [0.2, 0.25) is 0 Å². The first-order chi connectivity index (χ1) is 10.1. The van der Waals surface area contributed by atoms with Crippen molar-refractivity contribution in [3.8, 4) is 0 Å². The Morgan fingerprint density at radius 3 is 2.71 bits per heavy atom. The number of nitro groups is 1. The predicted molar refractivity (Wildman–Crippen MR) is 76.2 cm³/mol. The summed E-state index contributed by atoms with van der Waals surface area (Å²) in [7, 11) is 0. The molecule has 0 heterocycles. The van der Waals surface area contributed by atoms with Crippen molar-refractivity contribution in [1.29, 1.82) is 0 Å². The second kappa shape index (κ2) is 6.92.